The molecule has 4 rings (SSSR count). The number of carbonyl (C=O) groups is 1. The van der Waals surface area contributed by atoms with Crippen molar-refractivity contribution in [2.45, 2.75) is 4.90 Å². The highest BCUT2D eigenvalue weighted by Crippen LogP contribution is 2.35. The first-order valence-electron chi connectivity index (χ1n) is 9.94. The molecule has 160 valence electrons. The van der Waals surface area contributed by atoms with E-state index in [2.05, 4.69) is 10.3 Å². The lowest BCUT2D eigenvalue weighted by Gasteiger charge is -2.15. The number of benzene rings is 3. The van der Waals surface area contributed by atoms with E-state index in [4.69, 9.17) is 16.3 Å². The molecule has 0 radical (unpaired) electrons. The van der Waals surface area contributed by atoms with Gasteiger partial charge in [-0.1, -0.05) is 35.9 Å². The van der Waals surface area contributed by atoms with Gasteiger partial charge in [-0.05, 0) is 66.4 Å². The summed E-state index contributed by atoms with van der Waals surface area (Å²) in [6.07, 6.45) is 3.72. The highest BCUT2D eigenvalue weighted by atomic mass is 35.5. The Kier molecular flexibility index (Phi) is 6.78. The molecule has 0 atom stereocenters. The fourth-order valence-electron chi connectivity index (χ4n) is 3.46. The summed E-state index contributed by atoms with van der Waals surface area (Å²) < 4.78 is 5.54. The number of hydrogen-bond acceptors (Lipinski definition) is 4. The summed E-state index contributed by atoms with van der Waals surface area (Å²) in [5.74, 6) is 0.497. The molecule has 4 aromatic rings. The smallest absolute Gasteiger partial charge is 0.256 e. The molecule has 0 unspecified atom stereocenters. The van der Waals surface area contributed by atoms with Gasteiger partial charge < -0.3 is 10.1 Å². The van der Waals surface area contributed by atoms with Gasteiger partial charge in [0.05, 0.1) is 17.8 Å². The maximum absolute atomic E-state index is 13.3. The highest BCUT2D eigenvalue weighted by molar-refractivity contribution is 7.98. The summed E-state index contributed by atoms with van der Waals surface area (Å²) in [7, 11) is 1.63. The number of nitrogens with one attached hydrogen (secondary N) is 1. The van der Waals surface area contributed by atoms with Crippen LogP contribution in [0.5, 0.6) is 5.75 Å². The van der Waals surface area contributed by atoms with Crippen molar-refractivity contribution in [1.82, 2.24) is 4.98 Å². The largest absolute Gasteiger partial charge is 0.496 e. The van der Waals surface area contributed by atoms with Crippen molar-refractivity contribution in [3.05, 3.63) is 95.6 Å². The Hall–Kier alpha value is -3.28. The summed E-state index contributed by atoms with van der Waals surface area (Å²) in [6, 6.07) is 24.5. The van der Waals surface area contributed by atoms with Crippen LogP contribution in [-0.2, 0) is 0 Å². The molecule has 0 fully saturated rings. The Bertz CT molecular complexity index is 1260. The molecule has 1 heterocycles. The molecule has 0 spiro atoms. The van der Waals surface area contributed by atoms with Crippen molar-refractivity contribution in [1.29, 1.82) is 0 Å². The number of carbonyl (C=O) groups excluding carboxylic acids is 1. The average molecular weight is 461 g/mol. The predicted molar refractivity (Wildman–Crippen MR) is 133 cm³/mol. The van der Waals surface area contributed by atoms with E-state index in [1.807, 2.05) is 73.0 Å². The summed E-state index contributed by atoms with van der Waals surface area (Å²) in [4.78, 5) is 18.8. The zero-order valence-electron chi connectivity index (χ0n) is 17.6. The van der Waals surface area contributed by atoms with Crippen LogP contribution < -0.4 is 10.1 Å². The summed E-state index contributed by atoms with van der Waals surface area (Å²) in [5, 5.41) is 3.58. The minimum atomic E-state index is -0.215. The molecule has 0 saturated carbocycles. The third-order valence-corrected chi connectivity index (χ3v) is 6.09. The van der Waals surface area contributed by atoms with Crippen molar-refractivity contribution in [3.63, 3.8) is 0 Å². The zero-order valence-corrected chi connectivity index (χ0v) is 19.2. The fraction of sp³-hybridized carbons (Fsp3) is 0.0769. The number of para-hydroxylation sites is 1. The molecule has 0 saturated heterocycles. The molecule has 0 bridgehead atoms. The van der Waals surface area contributed by atoms with E-state index in [1.54, 1.807) is 37.2 Å². The van der Waals surface area contributed by atoms with Crippen LogP contribution >= 0.6 is 23.4 Å². The van der Waals surface area contributed by atoms with Gasteiger partial charge in [-0.2, -0.15) is 0 Å². The monoisotopic (exact) mass is 460 g/mol. The average Bonchev–Trinajstić information content (AvgIpc) is 2.85. The highest BCUT2D eigenvalue weighted by Gasteiger charge is 2.17. The van der Waals surface area contributed by atoms with Crippen LogP contribution in [0.25, 0.3) is 22.4 Å². The van der Waals surface area contributed by atoms with Crippen molar-refractivity contribution >= 4 is 35.0 Å². The molecule has 4 nitrogen and oxygen atoms in total. The molecule has 1 aromatic heterocycles. The Morgan fingerprint density at radius 3 is 2.50 bits per heavy atom. The second kappa shape index (κ2) is 9.90. The summed E-state index contributed by atoms with van der Waals surface area (Å²) in [6.45, 7) is 0. The van der Waals surface area contributed by atoms with Gasteiger partial charge in [-0.25, -0.2) is 0 Å². The van der Waals surface area contributed by atoms with Crippen LogP contribution in [0, 0.1) is 0 Å². The molecule has 0 aliphatic heterocycles. The number of thioether (sulfide) groups is 1. The van der Waals surface area contributed by atoms with Crippen molar-refractivity contribution in [3.8, 4) is 28.1 Å². The molecule has 0 aliphatic rings. The van der Waals surface area contributed by atoms with Crippen LogP contribution in [0.4, 0.5) is 5.69 Å². The van der Waals surface area contributed by atoms with Gasteiger partial charge in [0.1, 0.15) is 5.75 Å². The number of methoxy groups -OCH3 is 1. The number of anilines is 1. The predicted octanol–water partition coefficient (Wildman–Crippen LogP) is 7.05. The quantitative estimate of drug-likeness (QED) is 0.313. The van der Waals surface area contributed by atoms with Crippen molar-refractivity contribution in [2.24, 2.45) is 0 Å². The minimum Gasteiger partial charge on any atom is -0.496 e. The fourth-order valence-corrected chi connectivity index (χ4v) is 4.11. The third kappa shape index (κ3) is 4.64. The lowest BCUT2D eigenvalue weighted by molar-refractivity contribution is 0.102. The van der Waals surface area contributed by atoms with E-state index >= 15 is 0 Å². The maximum atomic E-state index is 13.3. The van der Waals surface area contributed by atoms with E-state index in [9.17, 15) is 4.79 Å². The van der Waals surface area contributed by atoms with Crippen molar-refractivity contribution < 1.29 is 9.53 Å². The topological polar surface area (TPSA) is 51.2 Å². The minimum absolute atomic E-state index is 0.215. The Morgan fingerprint density at radius 1 is 0.938 bits per heavy atom. The second-order valence-corrected chi connectivity index (χ2v) is 8.26. The molecule has 1 amide bonds. The molecular formula is C26H21ClN2O2S. The molecule has 32 heavy (non-hydrogen) atoms. The van der Waals surface area contributed by atoms with Gasteiger partial charge in [0.2, 0.25) is 0 Å². The lowest BCUT2D eigenvalue weighted by atomic mass is 9.98. The molecule has 6 heteroatoms. The van der Waals surface area contributed by atoms with Crippen LogP contribution in [0.3, 0.4) is 0 Å². The van der Waals surface area contributed by atoms with Gasteiger partial charge >= 0.3 is 0 Å². The van der Waals surface area contributed by atoms with Crippen LogP contribution in [0.2, 0.25) is 5.02 Å². The van der Waals surface area contributed by atoms with E-state index in [0.717, 1.165) is 27.3 Å². The standard InChI is InChI=1S/C26H21ClN2O2S/c1-31-25-9-4-3-7-19(25)21-16-18(32-2)11-12-20(21)26(30)29-17-10-13-23(27)22(15-17)24-8-5-6-14-28-24/h3-16H,1-2H3,(H,29,30). The zero-order chi connectivity index (χ0) is 22.5. The lowest BCUT2D eigenvalue weighted by Crippen LogP contribution is -2.13. The van der Waals surface area contributed by atoms with Crippen LogP contribution in [0.1, 0.15) is 10.4 Å². The van der Waals surface area contributed by atoms with Gasteiger partial charge in [-0.15, -0.1) is 11.8 Å². The number of pyridine rings is 1. The van der Waals surface area contributed by atoms with E-state index < -0.39 is 0 Å². The Morgan fingerprint density at radius 2 is 1.75 bits per heavy atom. The number of amides is 1. The Balaban J connectivity index is 1.72. The van der Waals surface area contributed by atoms with Crippen LogP contribution in [-0.4, -0.2) is 24.3 Å². The number of halogens is 1. The SMILES string of the molecule is COc1ccccc1-c1cc(SC)ccc1C(=O)Nc1ccc(Cl)c(-c2ccccn2)c1. The second-order valence-electron chi connectivity index (χ2n) is 6.98. The van der Waals surface area contributed by atoms with E-state index in [0.29, 0.717) is 22.0 Å². The number of rotatable bonds is 6. The van der Waals surface area contributed by atoms with Gasteiger partial charge in [-0.3, -0.25) is 9.78 Å². The number of aromatic nitrogens is 1. The van der Waals surface area contributed by atoms with E-state index in [1.165, 1.54) is 0 Å². The third-order valence-electron chi connectivity index (χ3n) is 5.03. The first-order valence-corrected chi connectivity index (χ1v) is 11.5. The Labute approximate surface area is 196 Å². The van der Waals surface area contributed by atoms with Crippen molar-refractivity contribution in [2.75, 3.05) is 18.7 Å². The number of hydrogen-bond donors (Lipinski definition) is 1. The van der Waals surface area contributed by atoms with Crippen LogP contribution in [0.15, 0.2) is 90.0 Å². The summed E-state index contributed by atoms with van der Waals surface area (Å²) in [5.41, 5.74) is 4.37. The molecular weight excluding hydrogens is 440 g/mol. The number of nitrogens with zero attached hydrogens (tertiary/aromatic N) is 1. The van der Waals surface area contributed by atoms with Gasteiger partial charge in [0, 0.05) is 33.5 Å². The van der Waals surface area contributed by atoms with Gasteiger partial charge in [0.15, 0.2) is 0 Å². The summed E-state index contributed by atoms with van der Waals surface area (Å²) >= 11 is 8.01. The molecule has 1 N–H and O–H groups in total. The maximum Gasteiger partial charge on any atom is 0.256 e. The first kappa shape index (κ1) is 21.9. The van der Waals surface area contributed by atoms with Gasteiger partial charge in [0.25, 0.3) is 5.91 Å². The van der Waals surface area contributed by atoms with E-state index in [-0.39, 0.29) is 5.91 Å². The number of ether oxygens (including phenoxy) is 1. The molecule has 0 aliphatic carbocycles. The normalized spacial score (nSPS) is 10.6. The first-order chi connectivity index (χ1) is 15.6. The molecule has 3 aromatic carbocycles.